The molecule has 3 aromatic heterocycles. The van der Waals surface area contributed by atoms with E-state index in [4.69, 9.17) is 0 Å². The molecular weight excluding hydrogens is 340 g/mol. The van der Waals surface area contributed by atoms with E-state index >= 15 is 0 Å². The van der Waals surface area contributed by atoms with Gasteiger partial charge in [-0.15, -0.1) is 0 Å². The van der Waals surface area contributed by atoms with Crippen molar-refractivity contribution in [1.82, 2.24) is 30.0 Å². The van der Waals surface area contributed by atoms with Gasteiger partial charge in [0.05, 0.1) is 0 Å². The van der Waals surface area contributed by atoms with Crippen LogP contribution in [-0.4, -0.2) is 49.5 Å². The molecule has 0 saturated heterocycles. The molecule has 0 spiro atoms. The highest BCUT2D eigenvalue weighted by atomic mass is 16.2. The SMILES string of the molecule is CN(Cc1cccnc1)Cc1cncc2c1CCN(C(=O)c1ccn[nH]1)C2. The minimum Gasteiger partial charge on any atom is -0.333 e. The third-order valence-electron chi connectivity index (χ3n) is 4.86. The number of pyridine rings is 2. The molecule has 27 heavy (non-hydrogen) atoms. The Kier molecular flexibility index (Phi) is 4.93. The second-order valence-corrected chi connectivity index (χ2v) is 6.92. The number of nitrogens with one attached hydrogen (secondary N) is 1. The van der Waals surface area contributed by atoms with Gasteiger partial charge in [-0.05, 0) is 47.9 Å². The highest BCUT2D eigenvalue weighted by molar-refractivity contribution is 5.92. The number of H-pyrrole nitrogens is 1. The van der Waals surface area contributed by atoms with Gasteiger partial charge in [0.15, 0.2) is 0 Å². The van der Waals surface area contributed by atoms with E-state index in [-0.39, 0.29) is 5.91 Å². The smallest absolute Gasteiger partial charge is 0.272 e. The molecule has 0 unspecified atom stereocenters. The minimum atomic E-state index is -0.0164. The molecule has 138 valence electrons. The molecule has 1 N–H and O–H groups in total. The molecule has 4 heterocycles. The van der Waals surface area contributed by atoms with E-state index in [9.17, 15) is 4.79 Å². The van der Waals surface area contributed by atoms with Crippen molar-refractivity contribution < 1.29 is 4.79 Å². The number of rotatable bonds is 5. The topological polar surface area (TPSA) is 78.0 Å². The third-order valence-corrected chi connectivity index (χ3v) is 4.86. The lowest BCUT2D eigenvalue weighted by Crippen LogP contribution is -2.37. The van der Waals surface area contributed by atoms with Crippen LogP contribution in [0, 0.1) is 0 Å². The number of fused-ring (bicyclic) bond motifs is 1. The van der Waals surface area contributed by atoms with E-state index in [2.05, 4.69) is 38.2 Å². The van der Waals surface area contributed by atoms with Gasteiger partial charge in [0.2, 0.25) is 0 Å². The number of carbonyl (C=O) groups excluding carboxylic acids is 1. The fourth-order valence-corrected chi connectivity index (χ4v) is 3.57. The van der Waals surface area contributed by atoms with Crippen LogP contribution in [0.5, 0.6) is 0 Å². The summed E-state index contributed by atoms with van der Waals surface area (Å²) in [5.41, 5.74) is 5.39. The molecule has 7 heteroatoms. The van der Waals surface area contributed by atoms with Crippen LogP contribution >= 0.6 is 0 Å². The lowest BCUT2D eigenvalue weighted by molar-refractivity contribution is 0.0728. The number of carbonyl (C=O) groups is 1. The summed E-state index contributed by atoms with van der Waals surface area (Å²) in [6.07, 6.45) is 9.96. The zero-order valence-corrected chi connectivity index (χ0v) is 15.3. The second-order valence-electron chi connectivity index (χ2n) is 6.92. The van der Waals surface area contributed by atoms with Gasteiger partial charge in [0, 0.05) is 57.2 Å². The Labute approximate surface area is 158 Å². The molecule has 0 saturated carbocycles. The Morgan fingerprint density at radius 2 is 2.11 bits per heavy atom. The first kappa shape index (κ1) is 17.4. The lowest BCUT2D eigenvalue weighted by atomic mass is 9.96. The monoisotopic (exact) mass is 362 g/mol. The van der Waals surface area contributed by atoms with E-state index in [1.165, 1.54) is 16.7 Å². The van der Waals surface area contributed by atoms with Crippen LogP contribution in [0.15, 0.2) is 49.2 Å². The van der Waals surface area contributed by atoms with Crippen LogP contribution in [-0.2, 0) is 26.1 Å². The highest BCUT2D eigenvalue weighted by Gasteiger charge is 2.24. The average Bonchev–Trinajstić information content (AvgIpc) is 3.23. The van der Waals surface area contributed by atoms with Crippen molar-refractivity contribution >= 4 is 5.91 Å². The average molecular weight is 362 g/mol. The molecule has 1 aliphatic rings. The van der Waals surface area contributed by atoms with Gasteiger partial charge < -0.3 is 4.90 Å². The van der Waals surface area contributed by atoms with Crippen molar-refractivity contribution in [1.29, 1.82) is 0 Å². The van der Waals surface area contributed by atoms with Crippen LogP contribution in [0.1, 0.15) is 32.7 Å². The van der Waals surface area contributed by atoms with Crippen molar-refractivity contribution in [2.45, 2.75) is 26.1 Å². The molecule has 0 aliphatic carbocycles. The Morgan fingerprint density at radius 1 is 1.19 bits per heavy atom. The van der Waals surface area contributed by atoms with E-state index in [1.807, 2.05) is 29.6 Å². The van der Waals surface area contributed by atoms with Gasteiger partial charge in [-0.2, -0.15) is 5.10 Å². The fourth-order valence-electron chi connectivity index (χ4n) is 3.57. The summed E-state index contributed by atoms with van der Waals surface area (Å²) in [6.45, 7) is 2.94. The quantitative estimate of drug-likeness (QED) is 0.751. The number of aromatic nitrogens is 4. The fraction of sp³-hybridized carbons (Fsp3) is 0.300. The first-order valence-corrected chi connectivity index (χ1v) is 9.01. The van der Waals surface area contributed by atoms with Gasteiger partial charge in [-0.25, -0.2) is 0 Å². The summed E-state index contributed by atoms with van der Waals surface area (Å²) in [6, 6.07) is 5.75. The van der Waals surface area contributed by atoms with Crippen molar-refractivity contribution in [3.05, 3.63) is 77.1 Å². The molecule has 1 aliphatic heterocycles. The largest absolute Gasteiger partial charge is 0.333 e. The first-order valence-electron chi connectivity index (χ1n) is 9.01. The van der Waals surface area contributed by atoms with Crippen molar-refractivity contribution in [3.8, 4) is 0 Å². The number of hydrogen-bond donors (Lipinski definition) is 1. The van der Waals surface area contributed by atoms with E-state index in [1.54, 1.807) is 18.5 Å². The van der Waals surface area contributed by atoms with Gasteiger partial charge in [-0.1, -0.05) is 6.07 Å². The van der Waals surface area contributed by atoms with Crippen LogP contribution in [0.2, 0.25) is 0 Å². The molecule has 4 rings (SSSR count). The Bertz CT molecular complexity index is 909. The van der Waals surface area contributed by atoms with Crippen molar-refractivity contribution in [3.63, 3.8) is 0 Å². The second kappa shape index (κ2) is 7.67. The predicted molar refractivity (Wildman–Crippen MR) is 101 cm³/mol. The highest BCUT2D eigenvalue weighted by Crippen LogP contribution is 2.23. The summed E-state index contributed by atoms with van der Waals surface area (Å²) in [5, 5.41) is 6.62. The maximum atomic E-state index is 12.6. The zero-order valence-electron chi connectivity index (χ0n) is 15.3. The van der Waals surface area contributed by atoms with Crippen LogP contribution in [0.25, 0.3) is 0 Å². The van der Waals surface area contributed by atoms with Crippen molar-refractivity contribution in [2.24, 2.45) is 0 Å². The normalized spacial score (nSPS) is 13.6. The molecule has 0 aromatic carbocycles. The minimum absolute atomic E-state index is 0.0164. The number of hydrogen-bond acceptors (Lipinski definition) is 5. The summed E-state index contributed by atoms with van der Waals surface area (Å²) in [5.74, 6) is -0.0164. The maximum Gasteiger partial charge on any atom is 0.272 e. The Balaban J connectivity index is 1.46. The molecule has 3 aromatic rings. The van der Waals surface area contributed by atoms with E-state index in [0.717, 1.165) is 25.1 Å². The van der Waals surface area contributed by atoms with Crippen LogP contribution in [0.4, 0.5) is 0 Å². The van der Waals surface area contributed by atoms with Crippen LogP contribution in [0.3, 0.4) is 0 Å². The Hall–Kier alpha value is -3.06. The Morgan fingerprint density at radius 3 is 2.89 bits per heavy atom. The first-order chi connectivity index (χ1) is 13.2. The number of amides is 1. The third kappa shape index (κ3) is 3.88. The van der Waals surface area contributed by atoms with Crippen molar-refractivity contribution in [2.75, 3.05) is 13.6 Å². The van der Waals surface area contributed by atoms with Gasteiger partial charge in [0.1, 0.15) is 5.69 Å². The number of aromatic amines is 1. The van der Waals surface area contributed by atoms with Gasteiger partial charge in [0.25, 0.3) is 5.91 Å². The summed E-state index contributed by atoms with van der Waals surface area (Å²) in [4.78, 5) is 25.3. The molecule has 0 fully saturated rings. The predicted octanol–water partition coefficient (Wildman–Crippen LogP) is 2.03. The summed E-state index contributed by atoms with van der Waals surface area (Å²) < 4.78 is 0. The lowest BCUT2D eigenvalue weighted by Gasteiger charge is -2.30. The van der Waals surface area contributed by atoms with Crippen LogP contribution < -0.4 is 0 Å². The van der Waals surface area contributed by atoms with E-state index in [0.29, 0.717) is 18.8 Å². The van der Waals surface area contributed by atoms with Gasteiger partial charge >= 0.3 is 0 Å². The van der Waals surface area contributed by atoms with E-state index < -0.39 is 0 Å². The molecule has 7 nitrogen and oxygen atoms in total. The molecular formula is C20H22N6O. The number of nitrogens with zero attached hydrogens (tertiary/aromatic N) is 5. The summed E-state index contributed by atoms with van der Waals surface area (Å²) in [7, 11) is 2.10. The molecule has 0 radical (unpaired) electrons. The summed E-state index contributed by atoms with van der Waals surface area (Å²) >= 11 is 0. The standard InChI is InChI=1S/C20H22N6O/c1-25(12-15-3-2-6-21-9-15)13-16-10-22-11-17-14-26(8-5-18(16)17)20(27)19-4-7-23-24-19/h2-4,6-7,9-11H,5,8,12-14H2,1H3,(H,23,24). The van der Waals surface area contributed by atoms with Gasteiger partial charge in [-0.3, -0.25) is 24.8 Å². The maximum absolute atomic E-state index is 12.6. The molecule has 0 atom stereocenters. The molecule has 0 bridgehead atoms. The zero-order chi connectivity index (χ0) is 18.6. The molecule has 1 amide bonds.